The largest absolute Gasteiger partial charge is 0.489 e. The highest BCUT2D eigenvalue weighted by Gasteiger charge is 2.11. The number of hydrogen-bond donors (Lipinski definition) is 2. The van der Waals surface area contributed by atoms with Gasteiger partial charge in [0.1, 0.15) is 25.6 Å². The number of aliphatic hydroxyl groups excluding tert-OH is 1. The van der Waals surface area contributed by atoms with E-state index < -0.39 is 0 Å². The molecule has 0 amide bonds. The van der Waals surface area contributed by atoms with E-state index in [1.54, 1.807) is 0 Å². The number of ether oxygens (including phenoxy) is 3. The van der Waals surface area contributed by atoms with Crippen LogP contribution in [0.25, 0.3) is 0 Å². The predicted molar refractivity (Wildman–Crippen MR) is 87.0 cm³/mol. The van der Waals surface area contributed by atoms with Gasteiger partial charge in [-0.05, 0) is 35.4 Å². The summed E-state index contributed by atoms with van der Waals surface area (Å²) < 4.78 is 16.9. The van der Waals surface area contributed by atoms with E-state index in [-0.39, 0.29) is 6.61 Å². The number of hydrogen-bond acceptors (Lipinski definition) is 5. The second-order valence-electron chi connectivity index (χ2n) is 5.31. The first-order valence-corrected chi connectivity index (χ1v) is 7.77. The zero-order valence-corrected chi connectivity index (χ0v) is 13.0. The summed E-state index contributed by atoms with van der Waals surface area (Å²) in [5, 5.41) is 11.9. The van der Waals surface area contributed by atoms with Gasteiger partial charge in [-0.25, -0.2) is 0 Å². The Labute approximate surface area is 135 Å². The number of fused-ring (bicyclic) bond motifs is 1. The molecule has 0 saturated heterocycles. The van der Waals surface area contributed by atoms with Gasteiger partial charge in [0.15, 0.2) is 11.5 Å². The van der Waals surface area contributed by atoms with Crippen molar-refractivity contribution in [3.8, 4) is 17.2 Å². The zero-order chi connectivity index (χ0) is 15.9. The summed E-state index contributed by atoms with van der Waals surface area (Å²) in [5.41, 5.74) is 2.20. The molecule has 0 spiro atoms. The van der Waals surface area contributed by atoms with Gasteiger partial charge in [-0.1, -0.05) is 18.2 Å². The van der Waals surface area contributed by atoms with Crippen LogP contribution in [0.3, 0.4) is 0 Å². The fraction of sp³-hybridized carbons (Fsp3) is 0.333. The molecule has 0 bridgehead atoms. The lowest BCUT2D eigenvalue weighted by Gasteiger charge is -2.19. The zero-order valence-electron chi connectivity index (χ0n) is 13.0. The maximum atomic E-state index is 8.74. The Morgan fingerprint density at radius 1 is 0.957 bits per heavy atom. The van der Waals surface area contributed by atoms with Crippen molar-refractivity contribution in [1.82, 2.24) is 5.32 Å². The Morgan fingerprint density at radius 3 is 2.48 bits per heavy atom. The van der Waals surface area contributed by atoms with Crippen molar-refractivity contribution in [2.45, 2.75) is 13.2 Å². The molecule has 0 radical (unpaired) electrons. The summed E-state index contributed by atoms with van der Waals surface area (Å²) in [6, 6.07) is 13.8. The molecule has 5 heteroatoms. The minimum absolute atomic E-state index is 0.150. The third kappa shape index (κ3) is 4.37. The van der Waals surface area contributed by atoms with Gasteiger partial charge in [0.05, 0.1) is 6.61 Å². The minimum atomic E-state index is 0.150. The van der Waals surface area contributed by atoms with Crippen LogP contribution in [0, 0.1) is 0 Å². The first-order chi connectivity index (χ1) is 11.3. The summed E-state index contributed by atoms with van der Waals surface area (Å²) in [6.07, 6.45) is 0. The summed E-state index contributed by atoms with van der Waals surface area (Å²) in [5.74, 6) is 2.40. The second-order valence-corrected chi connectivity index (χ2v) is 5.31. The molecule has 1 aliphatic heterocycles. The van der Waals surface area contributed by atoms with Crippen molar-refractivity contribution in [2.24, 2.45) is 0 Å². The third-order valence-corrected chi connectivity index (χ3v) is 3.55. The number of nitrogens with one attached hydrogen (secondary N) is 1. The molecule has 0 unspecified atom stereocenters. The lowest BCUT2D eigenvalue weighted by molar-refractivity contribution is 0.171. The van der Waals surface area contributed by atoms with E-state index in [9.17, 15) is 0 Å². The van der Waals surface area contributed by atoms with Crippen molar-refractivity contribution < 1.29 is 19.3 Å². The Morgan fingerprint density at radius 2 is 1.70 bits per heavy atom. The summed E-state index contributed by atoms with van der Waals surface area (Å²) in [6.45, 7) is 3.16. The van der Waals surface area contributed by atoms with Crippen molar-refractivity contribution in [2.75, 3.05) is 26.4 Å². The van der Waals surface area contributed by atoms with Gasteiger partial charge in [-0.3, -0.25) is 0 Å². The van der Waals surface area contributed by atoms with Crippen molar-refractivity contribution in [1.29, 1.82) is 0 Å². The Bertz CT molecular complexity index is 627. The maximum Gasteiger partial charge on any atom is 0.161 e. The Hall–Kier alpha value is -2.24. The monoisotopic (exact) mass is 315 g/mol. The van der Waals surface area contributed by atoms with E-state index in [2.05, 4.69) is 5.32 Å². The van der Waals surface area contributed by atoms with Crippen LogP contribution in [-0.2, 0) is 13.2 Å². The highest BCUT2D eigenvalue weighted by Crippen LogP contribution is 2.31. The highest BCUT2D eigenvalue weighted by atomic mass is 16.6. The fourth-order valence-corrected chi connectivity index (χ4v) is 2.36. The number of aliphatic hydroxyl groups is 1. The minimum Gasteiger partial charge on any atom is -0.489 e. The summed E-state index contributed by atoms with van der Waals surface area (Å²) >= 11 is 0. The van der Waals surface area contributed by atoms with Crippen LogP contribution in [0.5, 0.6) is 17.2 Å². The molecule has 0 fully saturated rings. The van der Waals surface area contributed by atoms with Gasteiger partial charge in [0, 0.05) is 13.1 Å². The first kappa shape index (κ1) is 15.6. The fourth-order valence-electron chi connectivity index (χ4n) is 2.36. The molecule has 2 N–H and O–H groups in total. The van der Waals surface area contributed by atoms with Crippen LogP contribution in [-0.4, -0.2) is 31.5 Å². The van der Waals surface area contributed by atoms with Gasteiger partial charge in [0.25, 0.3) is 0 Å². The molecule has 3 rings (SSSR count). The van der Waals surface area contributed by atoms with Gasteiger partial charge in [-0.15, -0.1) is 0 Å². The molecule has 0 aliphatic carbocycles. The van der Waals surface area contributed by atoms with Crippen molar-refractivity contribution >= 4 is 0 Å². The summed E-state index contributed by atoms with van der Waals surface area (Å²) in [4.78, 5) is 0. The lowest BCUT2D eigenvalue weighted by Crippen LogP contribution is -2.17. The molecular formula is C18H21NO4. The van der Waals surface area contributed by atoms with Crippen LogP contribution in [0.2, 0.25) is 0 Å². The number of benzene rings is 2. The lowest BCUT2D eigenvalue weighted by atomic mass is 10.2. The molecule has 2 aromatic carbocycles. The average molecular weight is 315 g/mol. The quantitative estimate of drug-likeness (QED) is 0.767. The molecule has 1 aliphatic rings. The molecule has 122 valence electrons. The molecule has 23 heavy (non-hydrogen) atoms. The van der Waals surface area contributed by atoms with Crippen molar-refractivity contribution in [3.63, 3.8) is 0 Å². The first-order valence-electron chi connectivity index (χ1n) is 7.77. The Kier molecular flexibility index (Phi) is 5.34. The van der Waals surface area contributed by atoms with E-state index in [1.165, 1.54) is 0 Å². The van der Waals surface area contributed by atoms with Crippen LogP contribution in [0.1, 0.15) is 11.1 Å². The molecule has 1 heterocycles. The van der Waals surface area contributed by atoms with Gasteiger partial charge in [0.2, 0.25) is 0 Å². The standard InChI is InChI=1S/C18H21NO4/c20-8-7-19-12-14-1-4-16(5-2-14)23-13-15-3-6-17-18(11-15)22-10-9-21-17/h1-6,11,19-20H,7-10,12-13H2. The van der Waals surface area contributed by atoms with Gasteiger partial charge >= 0.3 is 0 Å². The molecule has 0 atom stereocenters. The third-order valence-electron chi connectivity index (χ3n) is 3.55. The van der Waals surface area contributed by atoms with Crippen molar-refractivity contribution in [3.05, 3.63) is 53.6 Å². The molecule has 0 saturated carbocycles. The van der Waals surface area contributed by atoms with E-state index >= 15 is 0 Å². The van der Waals surface area contributed by atoms with Crippen LogP contribution >= 0.6 is 0 Å². The molecular weight excluding hydrogens is 294 g/mol. The molecule has 0 aromatic heterocycles. The summed E-state index contributed by atoms with van der Waals surface area (Å²) in [7, 11) is 0. The smallest absolute Gasteiger partial charge is 0.161 e. The molecule has 5 nitrogen and oxygen atoms in total. The topological polar surface area (TPSA) is 60.0 Å². The SMILES string of the molecule is OCCNCc1ccc(OCc2ccc3c(c2)OCCO3)cc1. The van der Waals surface area contributed by atoms with E-state index in [0.29, 0.717) is 26.4 Å². The van der Waals surface area contributed by atoms with Crippen LogP contribution in [0.4, 0.5) is 0 Å². The predicted octanol–water partition coefficient (Wildman–Crippen LogP) is 2.12. The van der Waals surface area contributed by atoms with Crippen LogP contribution in [0.15, 0.2) is 42.5 Å². The highest BCUT2D eigenvalue weighted by molar-refractivity contribution is 5.43. The van der Waals surface area contributed by atoms with Gasteiger partial charge < -0.3 is 24.6 Å². The number of rotatable bonds is 7. The van der Waals surface area contributed by atoms with E-state index in [4.69, 9.17) is 19.3 Å². The van der Waals surface area contributed by atoms with Crippen LogP contribution < -0.4 is 19.5 Å². The maximum absolute atomic E-state index is 8.74. The van der Waals surface area contributed by atoms with E-state index in [1.807, 2.05) is 42.5 Å². The second kappa shape index (κ2) is 7.85. The van der Waals surface area contributed by atoms with E-state index in [0.717, 1.165) is 34.9 Å². The normalized spacial score (nSPS) is 12.9. The molecule has 2 aromatic rings. The average Bonchev–Trinajstić information content (AvgIpc) is 2.61. The van der Waals surface area contributed by atoms with Gasteiger partial charge in [-0.2, -0.15) is 0 Å². The Balaban J connectivity index is 1.53.